The van der Waals surface area contributed by atoms with Gasteiger partial charge in [0, 0.05) is 6.04 Å². The van der Waals surface area contributed by atoms with Gasteiger partial charge < -0.3 is 20.1 Å². The van der Waals surface area contributed by atoms with Crippen molar-refractivity contribution in [2.75, 3.05) is 26.9 Å². The first-order valence-electron chi connectivity index (χ1n) is 10.0. The van der Waals surface area contributed by atoms with Crippen LogP contribution in [0.5, 0.6) is 11.5 Å². The molecule has 0 radical (unpaired) electrons. The number of hydrogen-bond acceptors (Lipinski definition) is 4. The fourth-order valence-corrected chi connectivity index (χ4v) is 2.83. The van der Waals surface area contributed by atoms with Crippen LogP contribution < -0.4 is 15.2 Å². The highest BCUT2D eigenvalue weighted by Crippen LogP contribution is 2.32. The van der Waals surface area contributed by atoms with Gasteiger partial charge in [-0.1, -0.05) is 31.9 Å². The molecule has 1 aromatic carbocycles. The van der Waals surface area contributed by atoms with E-state index in [0.29, 0.717) is 12.8 Å². The van der Waals surface area contributed by atoms with Crippen LogP contribution in [0.3, 0.4) is 0 Å². The minimum Gasteiger partial charge on any atom is -0.454 e. The topological polar surface area (TPSA) is 47.7 Å². The lowest BCUT2D eigenvalue weighted by atomic mass is 10.1. The van der Waals surface area contributed by atoms with E-state index in [1.807, 2.05) is 12.1 Å². The van der Waals surface area contributed by atoms with Crippen LogP contribution in [-0.4, -0.2) is 37.9 Å². The van der Waals surface area contributed by atoms with E-state index in [0.717, 1.165) is 37.4 Å². The van der Waals surface area contributed by atoms with Gasteiger partial charge in [-0.25, -0.2) is 0 Å². The molecule has 1 atom stereocenters. The van der Waals surface area contributed by atoms with E-state index in [9.17, 15) is 0 Å². The van der Waals surface area contributed by atoms with Crippen LogP contribution in [0.1, 0.15) is 57.9 Å². The molecule has 1 unspecified atom stereocenters. The van der Waals surface area contributed by atoms with Crippen molar-refractivity contribution in [2.45, 2.75) is 64.8 Å². The number of unbranched alkanes of at least 4 members (excludes halogenated alkanes) is 4. The summed E-state index contributed by atoms with van der Waals surface area (Å²) in [6, 6.07) is 6.72. The van der Waals surface area contributed by atoms with Gasteiger partial charge in [0.15, 0.2) is 11.5 Å². The second kappa shape index (κ2) is 18.1. The summed E-state index contributed by atoms with van der Waals surface area (Å²) in [6.07, 6.45) is 10.4. The second-order valence-electron chi connectivity index (χ2n) is 7.00. The van der Waals surface area contributed by atoms with Gasteiger partial charge >= 0.3 is 0 Å². The molecule has 0 saturated carbocycles. The Labute approximate surface area is 184 Å². The number of ether oxygens (including phenoxy) is 2. The Bertz CT molecular complexity index is 515. The quantitative estimate of drug-likeness (QED) is 0.362. The molecule has 4 nitrogen and oxygen atoms in total. The fourth-order valence-electron chi connectivity index (χ4n) is 2.83. The molecule has 2 N–H and O–H groups in total. The van der Waals surface area contributed by atoms with Gasteiger partial charge in [-0.05, 0) is 76.9 Å². The molecule has 1 aromatic rings. The average molecular weight is 435 g/mol. The van der Waals surface area contributed by atoms with Gasteiger partial charge in [-0.3, -0.25) is 0 Å². The van der Waals surface area contributed by atoms with Gasteiger partial charge in [-0.15, -0.1) is 31.4 Å². The molecule has 1 aliphatic rings. The Morgan fingerprint density at radius 2 is 1.86 bits per heavy atom. The van der Waals surface area contributed by atoms with Crippen molar-refractivity contribution in [1.82, 2.24) is 4.90 Å². The highest BCUT2D eigenvalue weighted by molar-refractivity contribution is 5.85. The molecular formula is C22H40Cl2N2O2. The van der Waals surface area contributed by atoms with Crippen molar-refractivity contribution in [3.05, 3.63) is 36.4 Å². The molecule has 1 aliphatic heterocycles. The van der Waals surface area contributed by atoms with Crippen LogP contribution in [0.2, 0.25) is 0 Å². The van der Waals surface area contributed by atoms with Crippen molar-refractivity contribution in [3.8, 4) is 11.5 Å². The van der Waals surface area contributed by atoms with Crippen LogP contribution in [0.4, 0.5) is 0 Å². The zero-order valence-electron chi connectivity index (χ0n) is 17.8. The van der Waals surface area contributed by atoms with Crippen molar-refractivity contribution in [3.63, 3.8) is 0 Å². The molecule has 2 rings (SSSR count). The lowest BCUT2D eigenvalue weighted by molar-refractivity contribution is 0.174. The highest BCUT2D eigenvalue weighted by atomic mass is 35.5. The summed E-state index contributed by atoms with van der Waals surface area (Å²) < 4.78 is 10.7. The molecular weight excluding hydrogens is 395 g/mol. The standard InChI is InChI=1S/C15H24N2O2.C7H14.2ClH/c1-12(17(2)8-4-3-7-16)9-13-5-6-14-15(10-13)19-11-18-14;1-3-5-7-6-4-2;;/h5-6,10,12H,3-4,7-9,11,16H2,1-2H3;3H,1,4-7H2,2H3;2*1H. The molecule has 164 valence electrons. The summed E-state index contributed by atoms with van der Waals surface area (Å²) in [5.74, 6) is 1.73. The first-order valence-corrected chi connectivity index (χ1v) is 10.0. The Balaban J connectivity index is 0. The molecule has 0 bridgehead atoms. The number of likely N-dealkylation sites (N-methyl/N-ethyl adjacent to an activating group) is 1. The summed E-state index contributed by atoms with van der Waals surface area (Å²) in [5, 5.41) is 0. The number of halogens is 2. The van der Waals surface area contributed by atoms with Crippen molar-refractivity contribution in [2.24, 2.45) is 5.73 Å². The van der Waals surface area contributed by atoms with Gasteiger partial charge in [0.2, 0.25) is 6.79 Å². The van der Waals surface area contributed by atoms with E-state index in [1.54, 1.807) is 0 Å². The molecule has 0 amide bonds. The van der Waals surface area contributed by atoms with E-state index in [4.69, 9.17) is 15.2 Å². The lowest BCUT2D eigenvalue weighted by Gasteiger charge is -2.24. The maximum atomic E-state index is 5.52. The van der Waals surface area contributed by atoms with E-state index in [1.165, 1.54) is 37.7 Å². The number of hydrogen-bond donors (Lipinski definition) is 1. The minimum absolute atomic E-state index is 0. The van der Waals surface area contributed by atoms with Crippen LogP contribution in [0, 0.1) is 0 Å². The summed E-state index contributed by atoms with van der Waals surface area (Å²) in [6.45, 7) is 10.3. The van der Waals surface area contributed by atoms with E-state index < -0.39 is 0 Å². The molecule has 0 aliphatic carbocycles. The largest absolute Gasteiger partial charge is 0.454 e. The molecule has 0 fully saturated rings. The third-order valence-electron chi connectivity index (χ3n) is 4.70. The maximum Gasteiger partial charge on any atom is 0.231 e. The third-order valence-corrected chi connectivity index (χ3v) is 4.70. The number of allylic oxidation sites excluding steroid dienone is 1. The van der Waals surface area contributed by atoms with E-state index in [2.05, 4.69) is 44.5 Å². The molecule has 0 aromatic heterocycles. The summed E-state index contributed by atoms with van der Waals surface area (Å²) in [5.41, 5.74) is 6.82. The Hall–Kier alpha value is -0.940. The van der Waals surface area contributed by atoms with E-state index >= 15 is 0 Å². The first kappa shape index (κ1) is 29.3. The SMILES string of the molecule is C=CCCCCC.CC(Cc1ccc2c(c1)OCO2)N(C)CCCCN.Cl.Cl. The zero-order chi connectivity index (χ0) is 19.2. The Morgan fingerprint density at radius 3 is 2.50 bits per heavy atom. The Morgan fingerprint density at radius 1 is 1.14 bits per heavy atom. The first-order chi connectivity index (χ1) is 12.6. The molecule has 0 saturated heterocycles. The number of nitrogens with zero attached hydrogens (tertiary/aromatic N) is 1. The summed E-state index contributed by atoms with van der Waals surface area (Å²) in [7, 11) is 2.17. The predicted octanol–water partition coefficient (Wildman–Crippen LogP) is 5.61. The monoisotopic (exact) mass is 434 g/mol. The average Bonchev–Trinajstić information content (AvgIpc) is 3.10. The Kier molecular flexibility index (Phi) is 18.9. The number of benzene rings is 1. The molecule has 28 heavy (non-hydrogen) atoms. The van der Waals surface area contributed by atoms with Crippen LogP contribution in [0.15, 0.2) is 30.9 Å². The maximum absolute atomic E-state index is 5.52. The number of fused-ring (bicyclic) bond motifs is 1. The van der Waals surface area contributed by atoms with Gasteiger partial charge in [0.25, 0.3) is 0 Å². The fraction of sp³-hybridized carbons (Fsp3) is 0.636. The van der Waals surface area contributed by atoms with Gasteiger partial charge in [0.05, 0.1) is 0 Å². The van der Waals surface area contributed by atoms with Crippen molar-refractivity contribution >= 4 is 24.8 Å². The molecule has 6 heteroatoms. The summed E-state index contributed by atoms with van der Waals surface area (Å²) >= 11 is 0. The van der Waals surface area contributed by atoms with Crippen molar-refractivity contribution in [1.29, 1.82) is 0 Å². The van der Waals surface area contributed by atoms with Crippen LogP contribution in [0.25, 0.3) is 0 Å². The zero-order valence-corrected chi connectivity index (χ0v) is 19.5. The van der Waals surface area contributed by atoms with Crippen LogP contribution in [-0.2, 0) is 6.42 Å². The number of rotatable bonds is 11. The predicted molar refractivity (Wildman–Crippen MR) is 125 cm³/mol. The summed E-state index contributed by atoms with van der Waals surface area (Å²) in [4.78, 5) is 2.39. The highest BCUT2D eigenvalue weighted by Gasteiger charge is 2.15. The third kappa shape index (κ3) is 11.8. The van der Waals surface area contributed by atoms with Crippen molar-refractivity contribution < 1.29 is 9.47 Å². The van der Waals surface area contributed by atoms with Crippen LogP contribution >= 0.6 is 24.8 Å². The normalized spacial score (nSPS) is 12.3. The molecule has 0 spiro atoms. The molecule has 1 heterocycles. The second-order valence-corrected chi connectivity index (χ2v) is 7.00. The van der Waals surface area contributed by atoms with Gasteiger partial charge in [0.1, 0.15) is 0 Å². The lowest BCUT2D eigenvalue weighted by Crippen LogP contribution is -2.32. The smallest absolute Gasteiger partial charge is 0.231 e. The van der Waals surface area contributed by atoms with E-state index in [-0.39, 0.29) is 24.8 Å². The number of nitrogens with two attached hydrogens (primary N) is 1. The van der Waals surface area contributed by atoms with Gasteiger partial charge in [-0.2, -0.15) is 0 Å². The minimum atomic E-state index is 0.